The van der Waals surface area contributed by atoms with Crippen molar-refractivity contribution in [1.82, 2.24) is 25.1 Å². The monoisotopic (exact) mass is 531 g/mol. The third-order valence-electron chi connectivity index (χ3n) is 5.62. The number of halogens is 7. The van der Waals surface area contributed by atoms with Crippen LogP contribution in [0.25, 0.3) is 5.82 Å². The first-order valence-corrected chi connectivity index (χ1v) is 11.0. The Morgan fingerprint density at radius 2 is 1.81 bits per heavy atom. The van der Waals surface area contributed by atoms with Crippen LogP contribution in [0.5, 0.6) is 5.75 Å². The van der Waals surface area contributed by atoms with Crippen molar-refractivity contribution in [1.29, 1.82) is 0 Å². The average Bonchev–Trinajstić information content (AvgIpc) is 3.60. The summed E-state index contributed by atoms with van der Waals surface area (Å²) < 4.78 is 100. The van der Waals surface area contributed by atoms with Crippen molar-refractivity contribution in [2.75, 3.05) is 6.61 Å². The van der Waals surface area contributed by atoms with Crippen LogP contribution in [0, 0.1) is 5.92 Å². The van der Waals surface area contributed by atoms with Crippen LogP contribution in [-0.2, 0) is 12.1 Å². The molecule has 1 fully saturated rings. The van der Waals surface area contributed by atoms with Gasteiger partial charge in [0.1, 0.15) is 18.7 Å². The van der Waals surface area contributed by atoms with Gasteiger partial charge in [0.2, 0.25) is 0 Å². The molecule has 3 aromatic rings. The highest BCUT2D eigenvalue weighted by atomic mass is 19.4. The number of nitrogens with zero attached hydrogens (tertiary/aromatic N) is 4. The molecule has 7 nitrogen and oxygen atoms in total. The Bertz CT molecular complexity index is 1260. The van der Waals surface area contributed by atoms with Crippen LogP contribution in [-0.4, -0.2) is 38.7 Å². The van der Waals surface area contributed by atoms with E-state index in [1.54, 1.807) is 0 Å². The summed E-state index contributed by atoms with van der Waals surface area (Å²) in [7, 11) is 0. The van der Waals surface area contributed by atoms with Gasteiger partial charge >= 0.3 is 6.18 Å². The summed E-state index contributed by atoms with van der Waals surface area (Å²) in [5.41, 5.74) is -2.81. The molecule has 0 bridgehead atoms. The number of hydrogen-bond acceptors (Lipinski definition) is 5. The molecule has 1 unspecified atom stereocenters. The molecule has 37 heavy (non-hydrogen) atoms. The van der Waals surface area contributed by atoms with Gasteiger partial charge in [0, 0.05) is 17.0 Å². The Hall–Kier alpha value is -3.71. The van der Waals surface area contributed by atoms with Crippen molar-refractivity contribution in [3.63, 3.8) is 0 Å². The second-order valence-corrected chi connectivity index (χ2v) is 8.47. The minimum atomic E-state index is -4.94. The third-order valence-corrected chi connectivity index (χ3v) is 5.62. The Labute approximate surface area is 205 Å². The molecule has 2 heterocycles. The first-order valence-electron chi connectivity index (χ1n) is 11.0. The van der Waals surface area contributed by atoms with Crippen molar-refractivity contribution in [2.45, 2.75) is 44.3 Å². The fourth-order valence-corrected chi connectivity index (χ4v) is 3.61. The lowest BCUT2D eigenvalue weighted by Gasteiger charge is -2.20. The number of alkyl halides is 7. The van der Waals surface area contributed by atoms with E-state index in [2.05, 4.69) is 20.4 Å². The van der Waals surface area contributed by atoms with Crippen molar-refractivity contribution < 1.29 is 40.3 Å². The van der Waals surface area contributed by atoms with Crippen LogP contribution < -0.4 is 10.1 Å². The molecule has 1 aliphatic rings. The summed E-state index contributed by atoms with van der Waals surface area (Å²) in [6.07, 6.45) is -4.92. The first kappa shape index (κ1) is 26.4. The van der Waals surface area contributed by atoms with Gasteiger partial charge in [0.25, 0.3) is 18.3 Å². The maximum atomic E-state index is 14.6. The number of hydrogen-bond donors (Lipinski definition) is 1. The number of rotatable bonds is 9. The summed E-state index contributed by atoms with van der Waals surface area (Å²) >= 11 is 0. The maximum Gasteiger partial charge on any atom is 0.416 e. The molecule has 0 radical (unpaired) electrons. The van der Waals surface area contributed by atoms with Crippen LogP contribution >= 0.6 is 0 Å². The lowest BCUT2D eigenvalue weighted by Crippen LogP contribution is -2.29. The Morgan fingerprint density at radius 1 is 1.11 bits per heavy atom. The zero-order valence-corrected chi connectivity index (χ0v) is 19.1. The largest absolute Gasteiger partial charge is 0.486 e. The van der Waals surface area contributed by atoms with Gasteiger partial charge in [-0.3, -0.25) is 4.79 Å². The molecule has 0 spiro atoms. The number of benzene rings is 1. The molecule has 2 aromatic heterocycles. The summed E-state index contributed by atoms with van der Waals surface area (Å²) in [6.45, 7) is 0.647. The summed E-state index contributed by atoms with van der Waals surface area (Å²) in [6, 6.07) is 3.47. The second kappa shape index (κ2) is 9.98. The van der Waals surface area contributed by atoms with Crippen molar-refractivity contribution in [3.8, 4) is 11.6 Å². The third kappa shape index (κ3) is 6.00. The van der Waals surface area contributed by atoms with E-state index >= 15 is 0 Å². The van der Waals surface area contributed by atoms with Gasteiger partial charge in [0.05, 0.1) is 17.8 Å². The molecule has 1 atom stereocenters. The number of aromatic nitrogens is 4. The molecule has 1 saturated carbocycles. The maximum absolute atomic E-state index is 14.6. The summed E-state index contributed by atoms with van der Waals surface area (Å²) in [5, 5.41) is 6.44. The minimum absolute atomic E-state index is 0.0791. The minimum Gasteiger partial charge on any atom is -0.486 e. The quantitative estimate of drug-likeness (QED) is 0.378. The van der Waals surface area contributed by atoms with E-state index in [-0.39, 0.29) is 30.2 Å². The van der Waals surface area contributed by atoms with Gasteiger partial charge in [-0.25, -0.2) is 27.5 Å². The second-order valence-electron chi connectivity index (χ2n) is 8.47. The first-order chi connectivity index (χ1) is 17.4. The number of amides is 1. The molecule has 198 valence electrons. The molecule has 1 aromatic carbocycles. The Balaban J connectivity index is 1.55. The van der Waals surface area contributed by atoms with E-state index < -0.39 is 59.7 Å². The molecule has 14 heteroatoms. The fraction of sp³-hybridized carbons (Fsp3) is 0.391. The Kier molecular flexibility index (Phi) is 7.11. The predicted octanol–water partition coefficient (Wildman–Crippen LogP) is 5.32. The average molecular weight is 531 g/mol. The highest BCUT2D eigenvalue weighted by Gasteiger charge is 2.49. The number of ether oxygens (including phenoxy) is 1. The van der Waals surface area contributed by atoms with E-state index in [0.29, 0.717) is 12.1 Å². The topological polar surface area (TPSA) is 81.9 Å². The number of carbonyl (C=O) groups excluding carboxylic acids is 1. The lowest BCUT2D eigenvalue weighted by atomic mass is 9.97. The van der Waals surface area contributed by atoms with Crippen LogP contribution in [0.15, 0.2) is 42.9 Å². The zero-order valence-electron chi connectivity index (χ0n) is 19.1. The lowest BCUT2D eigenvalue weighted by molar-refractivity contribution is -0.137. The summed E-state index contributed by atoms with van der Waals surface area (Å²) in [4.78, 5) is 20.9. The van der Waals surface area contributed by atoms with Gasteiger partial charge in [-0.2, -0.15) is 23.0 Å². The van der Waals surface area contributed by atoms with Crippen LogP contribution in [0.3, 0.4) is 0 Å². The standard InChI is InChI=1S/C23H20F7N5O2/c1-12(20-32-11-33-35(20)19-5-4-17(9-31-19)37-10-18(24)25)34-21(36)13-6-15(22(26,27)14-2-3-14)8-16(7-13)23(28,29)30/h4-9,11-12,14,18H,2-3,10H2,1H3,(H,34,36). The molecular weight excluding hydrogens is 511 g/mol. The number of pyridine rings is 1. The molecule has 1 aliphatic carbocycles. The smallest absolute Gasteiger partial charge is 0.416 e. The van der Waals surface area contributed by atoms with Gasteiger partial charge in [-0.05, 0) is 50.1 Å². The van der Waals surface area contributed by atoms with E-state index in [9.17, 15) is 35.5 Å². The zero-order chi connectivity index (χ0) is 27.0. The van der Waals surface area contributed by atoms with Crippen LogP contribution in [0.4, 0.5) is 30.7 Å². The van der Waals surface area contributed by atoms with E-state index in [1.165, 1.54) is 29.9 Å². The molecule has 0 aliphatic heterocycles. The van der Waals surface area contributed by atoms with Gasteiger partial charge in [-0.1, -0.05) is 0 Å². The van der Waals surface area contributed by atoms with Gasteiger partial charge < -0.3 is 10.1 Å². The van der Waals surface area contributed by atoms with Crippen molar-refractivity contribution in [3.05, 3.63) is 65.4 Å². The van der Waals surface area contributed by atoms with E-state index in [4.69, 9.17) is 4.74 Å². The predicted molar refractivity (Wildman–Crippen MR) is 115 cm³/mol. The van der Waals surface area contributed by atoms with E-state index in [1.807, 2.05) is 0 Å². The van der Waals surface area contributed by atoms with Crippen LogP contribution in [0.1, 0.15) is 53.1 Å². The number of carbonyl (C=O) groups is 1. The molecular formula is C23H20F7N5O2. The molecule has 0 saturated heterocycles. The highest BCUT2D eigenvalue weighted by molar-refractivity contribution is 5.95. The SMILES string of the molecule is CC(NC(=O)c1cc(C(F)(F)F)cc(C(F)(F)C2CC2)c1)c1ncnn1-c1ccc(OCC(F)F)cn1. The van der Waals surface area contributed by atoms with Gasteiger partial charge in [0.15, 0.2) is 11.6 Å². The highest BCUT2D eigenvalue weighted by Crippen LogP contribution is 2.50. The Morgan fingerprint density at radius 3 is 2.41 bits per heavy atom. The normalized spacial score (nSPS) is 15.1. The molecule has 1 amide bonds. The van der Waals surface area contributed by atoms with Crippen molar-refractivity contribution in [2.24, 2.45) is 5.92 Å². The van der Waals surface area contributed by atoms with Crippen LogP contribution in [0.2, 0.25) is 0 Å². The number of nitrogens with one attached hydrogen (secondary N) is 1. The molecule has 4 rings (SSSR count). The summed E-state index contributed by atoms with van der Waals surface area (Å²) in [5.74, 6) is -5.20. The fourth-order valence-electron chi connectivity index (χ4n) is 3.61. The van der Waals surface area contributed by atoms with Gasteiger partial charge in [-0.15, -0.1) is 0 Å². The molecule has 1 N–H and O–H groups in total. The van der Waals surface area contributed by atoms with Crippen molar-refractivity contribution >= 4 is 5.91 Å². The van der Waals surface area contributed by atoms with E-state index in [0.717, 1.165) is 12.4 Å².